The van der Waals surface area contributed by atoms with Gasteiger partial charge in [-0.1, -0.05) is 23.7 Å². The molecular formula is C23H27ClN2O6S. The van der Waals surface area contributed by atoms with Crippen LogP contribution in [-0.2, 0) is 30.8 Å². The number of carbonyl (C=O) groups is 2. The van der Waals surface area contributed by atoms with Gasteiger partial charge in [0.05, 0.1) is 29.0 Å². The van der Waals surface area contributed by atoms with Crippen LogP contribution in [0, 0.1) is 5.92 Å². The molecule has 0 saturated carbocycles. The molecular weight excluding hydrogens is 468 g/mol. The summed E-state index contributed by atoms with van der Waals surface area (Å²) in [6.45, 7) is 4.52. The molecule has 0 unspecified atom stereocenters. The fourth-order valence-electron chi connectivity index (χ4n) is 3.75. The van der Waals surface area contributed by atoms with Gasteiger partial charge >= 0.3 is 5.97 Å². The quantitative estimate of drug-likeness (QED) is 0.567. The van der Waals surface area contributed by atoms with Crippen LogP contribution in [0.25, 0.3) is 0 Å². The lowest BCUT2D eigenvalue weighted by molar-refractivity contribution is -0.135. The predicted octanol–water partition coefficient (Wildman–Crippen LogP) is 3.75. The number of hydrogen-bond donors (Lipinski definition) is 2. The summed E-state index contributed by atoms with van der Waals surface area (Å²) in [4.78, 5) is 24.7. The number of rotatable bonds is 7. The Morgan fingerprint density at radius 3 is 2.61 bits per heavy atom. The molecule has 8 nitrogen and oxygen atoms in total. The first-order valence-corrected chi connectivity index (χ1v) is 12.3. The lowest BCUT2D eigenvalue weighted by Crippen LogP contribution is -2.41. The van der Waals surface area contributed by atoms with Crippen molar-refractivity contribution in [3.8, 4) is 0 Å². The lowest BCUT2D eigenvalue weighted by atomic mass is 9.88. The highest BCUT2D eigenvalue weighted by molar-refractivity contribution is 7.92. The fraction of sp³-hybridized carbons (Fsp3) is 0.391. The van der Waals surface area contributed by atoms with Crippen molar-refractivity contribution in [2.45, 2.75) is 43.7 Å². The van der Waals surface area contributed by atoms with E-state index in [1.165, 1.54) is 25.3 Å². The Kier molecular flexibility index (Phi) is 7.66. The number of sulfonamides is 1. The summed E-state index contributed by atoms with van der Waals surface area (Å²) in [5, 5.41) is 2.95. The van der Waals surface area contributed by atoms with Crippen LogP contribution < -0.4 is 10.0 Å². The summed E-state index contributed by atoms with van der Waals surface area (Å²) >= 11 is 6.04. The molecule has 1 amide bonds. The third-order valence-corrected chi connectivity index (χ3v) is 7.21. The van der Waals surface area contributed by atoms with Gasteiger partial charge in [-0.25, -0.2) is 13.2 Å². The van der Waals surface area contributed by atoms with Gasteiger partial charge in [-0.05, 0) is 62.6 Å². The van der Waals surface area contributed by atoms with Gasteiger partial charge in [0.25, 0.3) is 10.0 Å². The standard InChI is InChI=1S/C23H27ClN2O6S/c1-23(2)13-16(8-9-32-23)21(27)25-14-15-10-17(22(28)31-3)12-18(11-15)26-33(29,30)20-7-5-4-6-19(20)24/h4-7,10-12,16,26H,8-9,13-14H2,1-3H3,(H,25,27)/t16-/m1/s1. The molecule has 1 atom stereocenters. The summed E-state index contributed by atoms with van der Waals surface area (Å²) < 4.78 is 38.5. The van der Waals surface area contributed by atoms with Gasteiger partial charge in [0.1, 0.15) is 4.90 Å². The van der Waals surface area contributed by atoms with E-state index < -0.39 is 16.0 Å². The molecule has 0 radical (unpaired) electrons. The van der Waals surface area contributed by atoms with E-state index in [0.29, 0.717) is 25.0 Å². The average molecular weight is 495 g/mol. The van der Waals surface area contributed by atoms with Crippen LogP contribution in [0.4, 0.5) is 5.69 Å². The van der Waals surface area contributed by atoms with Crippen molar-refractivity contribution < 1.29 is 27.5 Å². The zero-order chi connectivity index (χ0) is 24.2. The summed E-state index contributed by atoms with van der Waals surface area (Å²) in [7, 11) is -2.77. The minimum Gasteiger partial charge on any atom is -0.465 e. The smallest absolute Gasteiger partial charge is 0.337 e. The van der Waals surface area contributed by atoms with Crippen LogP contribution in [0.5, 0.6) is 0 Å². The molecule has 1 heterocycles. The first kappa shape index (κ1) is 25.0. The Bertz CT molecular complexity index is 1150. The molecule has 10 heteroatoms. The summed E-state index contributed by atoms with van der Waals surface area (Å²) in [6, 6.07) is 10.5. The van der Waals surface area contributed by atoms with Crippen molar-refractivity contribution in [3.63, 3.8) is 0 Å². The van der Waals surface area contributed by atoms with Crippen LogP contribution in [-0.4, -0.2) is 39.6 Å². The van der Waals surface area contributed by atoms with E-state index in [1.807, 2.05) is 13.8 Å². The van der Waals surface area contributed by atoms with Crippen LogP contribution in [0.15, 0.2) is 47.4 Å². The normalized spacial score (nSPS) is 17.8. The van der Waals surface area contributed by atoms with E-state index in [4.69, 9.17) is 21.1 Å². The first-order chi connectivity index (χ1) is 15.5. The fourth-order valence-corrected chi connectivity index (χ4v) is 5.31. The lowest BCUT2D eigenvalue weighted by Gasteiger charge is -2.34. The highest BCUT2D eigenvalue weighted by Gasteiger charge is 2.32. The van der Waals surface area contributed by atoms with Crippen molar-refractivity contribution in [3.05, 3.63) is 58.6 Å². The molecule has 2 aromatic rings. The van der Waals surface area contributed by atoms with Crippen molar-refractivity contribution in [1.82, 2.24) is 5.32 Å². The predicted molar refractivity (Wildman–Crippen MR) is 125 cm³/mol. The second-order valence-corrected chi connectivity index (χ2v) is 10.5. The van der Waals surface area contributed by atoms with Gasteiger partial charge in [0, 0.05) is 19.1 Å². The number of ether oxygens (including phenoxy) is 2. The zero-order valence-corrected chi connectivity index (χ0v) is 20.3. The highest BCUT2D eigenvalue weighted by atomic mass is 35.5. The number of hydrogen-bond acceptors (Lipinski definition) is 6. The zero-order valence-electron chi connectivity index (χ0n) is 18.7. The summed E-state index contributed by atoms with van der Waals surface area (Å²) in [5.41, 5.74) is 0.465. The van der Waals surface area contributed by atoms with E-state index in [9.17, 15) is 18.0 Å². The van der Waals surface area contributed by atoms with Gasteiger partial charge in [0.2, 0.25) is 5.91 Å². The number of anilines is 1. The van der Waals surface area contributed by atoms with E-state index in [0.717, 1.165) is 0 Å². The molecule has 0 aliphatic carbocycles. The molecule has 0 aromatic heterocycles. The van der Waals surface area contributed by atoms with Crippen molar-refractivity contribution in [2.24, 2.45) is 5.92 Å². The number of nitrogens with one attached hydrogen (secondary N) is 2. The Morgan fingerprint density at radius 1 is 1.21 bits per heavy atom. The van der Waals surface area contributed by atoms with E-state index in [2.05, 4.69) is 10.0 Å². The van der Waals surface area contributed by atoms with Gasteiger partial charge in [-0.2, -0.15) is 0 Å². The molecule has 1 aliphatic heterocycles. The third-order valence-electron chi connectivity index (χ3n) is 5.33. The molecule has 2 aromatic carbocycles. The molecule has 0 bridgehead atoms. The number of halogens is 1. The first-order valence-electron chi connectivity index (χ1n) is 10.4. The Labute approximate surface area is 198 Å². The van der Waals surface area contributed by atoms with Gasteiger partial charge < -0.3 is 14.8 Å². The second-order valence-electron chi connectivity index (χ2n) is 8.46. The van der Waals surface area contributed by atoms with Crippen LogP contribution in [0.1, 0.15) is 42.6 Å². The van der Waals surface area contributed by atoms with Crippen LogP contribution in [0.2, 0.25) is 5.02 Å². The van der Waals surface area contributed by atoms with Gasteiger partial charge in [0.15, 0.2) is 0 Å². The second kappa shape index (κ2) is 10.1. The SMILES string of the molecule is COC(=O)c1cc(CNC(=O)[C@@H]2CCOC(C)(C)C2)cc(NS(=O)(=O)c2ccccc2Cl)c1. The third kappa shape index (κ3) is 6.46. The maximum Gasteiger partial charge on any atom is 0.337 e. The minimum absolute atomic E-state index is 0.0704. The number of benzene rings is 2. The summed E-state index contributed by atoms with van der Waals surface area (Å²) in [6.07, 6.45) is 1.23. The highest BCUT2D eigenvalue weighted by Crippen LogP contribution is 2.29. The minimum atomic E-state index is -4.01. The molecule has 1 aliphatic rings. The van der Waals surface area contributed by atoms with Gasteiger partial charge in [-0.15, -0.1) is 0 Å². The molecule has 2 N–H and O–H groups in total. The maximum absolute atomic E-state index is 12.8. The van der Waals surface area contributed by atoms with E-state index in [1.54, 1.807) is 24.3 Å². The monoisotopic (exact) mass is 494 g/mol. The Balaban J connectivity index is 1.81. The molecule has 33 heavy (non-hydrogen) atoms. The number of methoxy groups -OCH3 is 1. The van der Waals surface area contributed by atoms with Crippen molar-refractivity contribution in [2.75, 3.05) is 18.4 Å². The average Bonchev–Trinajstić information content (AvgIpc) is 2.75. The van der Waals surface area contributed by atoms with Gasteiger partial charge in [-0.3, -0.25) is 9.52 Å². The molecule has 1 fully saturated rings. The largest absolute Gasteiger partial charge is 0.465 e. The van der Waals surface area contributed by atoms with Crippen molar-refractivity contribution >= 4 is 39.2 Å². The topological polar surface area (TPSA) is 111 Å². The molecule has 3 rings (SSSR count). The molecule has 178 valence electrons. The van der Waals surface area contributed by atoms with E-state index >= 15 is 0 Å². The Morgan fingerprint density at radius 2 is 1.94 bits per heavy atom. The summed E-state index contributed by atoms with van der Waals surface area (Å²) in [5.74, 6) is -0.934. The van der Waals surface area contributed by atoms with E-state index in [-0.39, 0.29) is 45.1 Å². The maximum atomic E-state index is 12.8. The molecule has 1 saturated heterocycles. The molecule has 0 spiro atoms. The Hall–Kier alpha value is -2.62. The van der Waals surface area contributed by atoms with Crippen molar-refractivity contribution in [1.29, 1.82) is 0 Å². The number of amides is 1. The van der Waals surface area contributed by atoms with Crippen LogP contribution >= 0.6 is 11.6 Å². The number of esters is 1. The van der Waals surface area contributed by atoms with Crippen LogP contribution in [0.3, 0.4) is 0 Å². The number of carbonyl (C=O) groups excluding carboxylic acids is 2.